The van der Waals surface area contributed by atoms with Gasteiger partial charge in [-0.15, -0.1) is 11.3 Å². The SMILES string of the molecule is c1ccc(-c2ccc(N(c3ccc(-c4ccccc4)cc3)c3cccc(-c4cccc5c4sc4c(-c6cccc7ccccc67)cccc45)c3)cc2)cc1. The van der Waals surface area contributed by atoms with Crippen molar-refractivity contribution in [3.05, 3.63) is 212 Å². The number of rotatable bonds is 7. The highest BCUT2D eigenvalue weighted by Crippen LogP contribution is 2.46. The fourth-order valence-electron chi connectivity index (χ4n) is 7.85. The fraction of sp³-hybridized carbons (Fsp3) is 0. The van der Waals surface area contributed by atoms with Crippen molar-refractivity contribution in [2.75, 3.05) is 4.90 Å². The van der Waals surface area contributed by atoms with Crippen LogP contribution in [0.15, 0.2) is 212 Å². The topological polar surface area (TPSA) is 3.24 Å². The van der Waals surface area contributed by atoms with Gasteiger partial charge in [0.1, 0.15) is 0 Å². The van der Waals surface area contributed by atoms with Crippen molar-refractivity contribution in [2.24, 2.45) is 0 Å². The summed E-state index contributed by atoms with van der Waals surface area (Å²) >= 11 is 1.91. The number of benzene rings is 9. The largest absolute Gasteiger partial charge is 0.310 e. The van der Waals surface area contributed by atoms with Crippen LogP contribution in [-0.2, 0) is 0 Å². The lowest BCUT2D eigenvalue weighted by Crippen LogP contribution is -2.10. The van der Waals surface area contributed by atoms with Crippen molar-refractivity contribution in [1.29, 1.82) is 0 Å². The Kier molecular flexibility index (Phi) is 8.09. The summed E-state index contributed by atoms with van der Waals surface area (Å²) in [4.78, 5) is 2.37. The molecule has 10 aromatic rings. The van der Waals surface area contributed by atoms with Gasteiger partial charge in [-0.05, 0) is 86.1 Å². The highest BCUT2D eigenvalue weighted by molar-refractivity contribution is 7.26. The second-order valence-corrected chi connectivity index (χ2v) is 14.7. The van der Waals surface area contributed by atoms with E-state index in [-0.39, 0.29) is 0 Å². The van der Waals surface area contributed by atoms with Crippen LogP contribution < -0.4 is 4.90 Å². The van der Waals surface area contributed by atoms with E-state index in [0.29, 0.717) is 0 Å². The first kappa shape index (κ1) is 32.0. The van der Waals surface area contributed by atoms with Crippen LogP contribution in [0.1, 0.15) is 0 Å². The molecule has 0 aliphatic heterocycles. The molecule has 0 bridgehead atoms. The Hall–Kier alpha value is -6.74. The molecule has 1 aromatic heterocycles. The summed E-state index contributed by atoms with van der Waals surface area (Å²) in [6.07, 6.45) is 0. The molecule has 0 amide bonds. The average Bonchev–Trinajstić information content (AvgIpc) is 3.64. The molecule has 0 unspecified atom stereocenters. The zero-order valence-corrected chi connectivity index (χ0v) is 30.4. The van der Waals surface area contributed by atoms with Crippen LogP contribution in [0.25, 0.3) is 75.5 Å². The van der Waals surface area contributed by atoms with Crippen LogP contribution in [0.3, 0.4) is 0 Å². The van der Waals surface area contributed by atoms with Crippen molar-refractivity contribution in [2.45, 2.75) is 0 Å². The summed E-state index contributed by atoms with van der Waals surface area (Å²) in [5.41, 5.74) is 13.2. The Bertz CT molecular complexity index is 2820. The molecular weight excluding hydrogens is 671 g/mol. The molecule has 1 nitrogen and oxygen atoms in total. The Morgan fingerprint density at radius 2 is 0.722 bits per heavy atom. The highest BCUT2D eigenvalue weighted by atomic mass is 32.1. The third-order valence-corrected chi connectivity index (χ3v) is 11.8. The molecule has 0 aliphatic carbocycles. The molecule has 0 radical (unpaired) electrons. The van der Waals surface area contributed by atoms with Crippen LogP contribution in [0.5, 0.6) is 0 Å². The first-order valence-electron chi connectivity index (χ1n) is 18.4. The molecule has 0 aliphatic rings. The standard InChI is InChI=1S/C52H35NS/c1-3-13-36(14-4-1)38-27-31-42(32-28-38)53(43-33-29-39(30-34-43)37-15-5-2-6-16-37)44-20-9-19-41(35-44)46-22-11-25-49-50-26-12-24-48(52(50)54-51(46)49)47-23-10-18-40-17-7-8-21-45(40)47/h1-35H. The van der Waals surface area contributed by atoms with E-state index in [2.05, 4.69) is 217 Å². The van der Waals surface area contributed by atoms with Crippen molar-refractivity contribution in [3.63, 3.8) is 0 Å². The predicted octanol–water partition coefficient (Wildman–Crippen LogP) is 15.3. The fourth-order valence-corrected chi connectivity index (χ4v) is 9.21. The molecule has 0 N–H and O–H groups in total. The Morgan fingerprint density at radius 3 is 1.37 bits per heavy atom. The van der Waals surface area contributed by atoms with Gasteiger partial charge < -0.3 is 4.90 Å². The highest BCUT2D eigenvalue weighted by Gasteiger charge is 2.18. The maximum absolute atomic E-state index is 2.37. The normalized spacial score (nSPS) is 11.3. The quantitative estimate of drug-likeness (QED) is 0.160. The molecule has 254 valence electrons. The van der Waals surface area contributed by atoms with Gasteiger partial charge in [-0.2, -0.15) is 0 Å². The minimum absolute atomic E-state index is 1.11. The number of anilines is 3. The second kappa shape index (κ2) is 13.7. The minimum Gasteiger partial charge on any atom is -0.310 e. The molecule has 10 rings (SSSR count). The van der Waals surface area contributed by atoms with E-state index in [9.17, 15) is 0 Å². The number of thiophene rings is 1. The number of hydrogen-bond donors (Lipinski definition) is 0. The van der Waals surface area contributed by atoms with Crippen LogP contribution >= 0.6 is 11.3 Å². The van der Waals surface area contributed by atoms with Gasteiger partial charge in [-0.25, -0.2) is 0 Å². The van der Waals surface area contributed by atoms with E-state index in [0.717, 1.165) is 17.1 Å². The van der Waals surface area contributed by atoms with E-state index in [1.54, 1.807) is 0 Å². The summed E-state index contributed by atoms with van der Waals surface area (Å²) in [6.45, 7) is 0. The monoisotopic (exact) mass is 705 g/mol. The summed E-state index contributed by atoms with van der Waals surface area (Å²) in [6, 6.07) is 76.9. The van der Waals surface area contributed by atoms with Crippen LogP contribution in [0.2, 0.25) is 0 Å². The van der Waals surface area contributed by atoms with Gasteiger partial charge in [0.05, 0.1) is 0 Å². The molecule has 9 aromatic carbocycles. The third-order valence-electron chi connectivity index (χ3n) is 10.5. The summed E-state index contributed by atoms with van der Waals surface area (Å²) in [5.74, 6) is 0. The predicted molar refractivity (Wildman–Crippen MR) is 233 cm³/mol. The zero-order valence-electron chi connectivity index (χ0n) is 29.6. The second-order valence-electron chi connectivity index (χ2n) is 13.7. The summed E-state index contributed by atoms with van der Waals surface area (Å²) < 4.78 is 2.63. The molecular formula is C52H35NS. The van der Waals surface area contributed by atoms with Crippen LogP contribution in [0.4, 0.5) is 17.1 Å². The first-order valence-corrected chi connectivity index (χ1v) is 19.2. The lowest BCUT2D eigenvalue weighted by atomic mass is 9.96. The van der Waals surface area contributed by atoms with Gasteiger partial charge in [-0.1, -0.05) is 176 Å². The van der Waals surface area contributed by atoms with Crippen molar-refractivity contribution < 1.29 is 0 Å². The van der Waals surface area contributed by atoms with Gasteiger partial charge in [0.2, 0.25) is 0 Å². The van der Waals surface area contributed by atoms with E-state index in [1.807, 2.05) is 11.3 Å². The Balaban J connectivity index is 1.10. The van der Waals surface area contributed by atoms with E-state index < -0.39 is 0 Å². The smallest absolute Gasteiger partial charge is 0.0467 e. The molecule has 0 saturated carbocycles. The molecule has 0 saturated heterocycles. The number of hydrogen-bond acceptors (Lipinski definition) is 2. The Labute approximate surface area is 319 Å². The molecule has 0 atom stereocenters. The zero-order chi connectivity index (χ0) is 35.8. The molecule has 54 heavy (non-hydrogen) atoms. The van der Waals surface area contributed by atoms with Crippen LogP contribution in [-0.4, -0.2) is 0 Å². The van der Waals surface area contributed by atoms with Gasteiger partial charge in [0, 0.05) is 42.8 Å². The van der Waals surface area contributed by atoms with E-state index >= 15 is 0 Å². The average molecular weight is 706 g/mol. The minimum atomic E-state index is 1.11. The van der Waals surface area contributed by atoms with Crippen LogP contribution in [0, 0.1) is 0 Å². The lowest BCUT2D eigenvalue weighted by molar-refractivity contribution is 1.28. The van der Waals surface area contributed by atoms with E-state index in [4.69, 9.17) is 0 Å². The van der Waals surface area contributed by atoms with Gasteiger partial charge in [0.25, 0.3) is 0 Å². The van der Waals surface area contributed by atoms with Gasteiger partial charge in [0.15, 0.2) is 0 Å². The third kappa shape index (κ3) is 5.74. The van der Waals surface area contributed by atoms with Crippen molar-refractivity contribution in [3.8, 4) is 44.5 Å². The number of fused-ring (bicyclic) bond motifs is 4. The maximum atomic E-state index is 2.37. The lowest BCUT2D eigenvalue weighted by Gasteiger charge is -2.26. The summed E-state index contributed by atoms with van der Waals surface area (Å²) in [7, 11) is 0. The van der Waals surface area contributed by atoms with Crippen molar-refractivity contribution >= 4 is 59.3 Å². The molecule has 1 heterocycles. The van der Waals surface area contributed by atoms with E-state index in [1.165, 1.54) is 75.5 Å². The number of nitrogens with zero attached hydrogens (tertiary/aromatic N) is 1. The van der Waals surface area contributed by atoms with Gasteiger partial charge in [-0.3, -0.25) is 0 Å². The summed E-state index contributed by atoms with van der Waals surface area (Å²) in [5, 5.41) is 5.15. The maximum Gasteiger partial charge on any atom is 0.0467 e. The molecule has 0 fully saturated rings. The first-order chi connectivity index (χ1) is 26.8. The molecule has 0 spiro atoms. The van der Waals surface area contributed by atoms with Crippen molar-refractivity contribution in [1.82, 2.24) is 0 Å². The van der Waals surface area contributed by atoms with Gasteiger partial charge >= 0.3 is 0 Å². The molecule has 2 heteroatoms. The Morgan fingerprint density at radius 1 is 0.278 bits per heavy atom.